The molecule has 0 aliphatic heterocycles. The minimum absolute atomic E-state index is 0.245. The van der Waals surface area contributed by atoms with E-state index in [9.17, 15) is 0 Å². The second-order valence-corrected chi connectivity index (χ2v) is 7.79. The van der Waals surface area contributed by atoms with Gasteiger partial charge in [0.15, 0.2) is 0 Å². The quantitative estimate of drug-likeness (QED) is 0.434. The van der Waals surface area contributed by atoms with Crippen LogP contribution >= 0.6 is 0 Å². The van der Waals surface area contributed by atoms with E-state index in [2.05, 4.69) is 4.98 Å². The highest BCUT2D eigenvalue weighted by Crippen LogP contribution is 2.32. The first-order chi connectivity index (χ1) is 16.1. The Kier molecular flexibility index (Phi) is 4.03. The molecular formula is C27H33N. The van der Waals surface area contributed by atoms with Crippen molar-refractivity contribution in [3.8, 4) is 22.4 Å². The van der Waals surface area contributed by atoms with Gasteiger partial charge < -0.3 is 0 Å². The molecule has 28 heavy (non-hydrogen) atoms. The summed E-state index contributed by atoms with van der Waals surface area (Å²) < 4.78 is 59.0. The molecule has 0 aliphatic rings. The van der Waals surface area contributed by atoms with Crippen molar-refractivity contribution in [1.82, 2.24) is 4.98 Å². The number of rotatable bonds is 6. The van der Waals surface area contributed by atoms with Crippen LogP contribution in [0.25, 0.3) is 22.4 Å². The first-order valence-corrected chi connectivity index (χ1v) is 9.80. The van der Waals surface area contributed by atoms with Crippen LogP contribution in [0.2, 0.25) is 0 Å². The summed E-state index contributed by atoms with van der Waals surface area (Å²) in [5.41, 5.74) is 3.99. The summed E-state index contributed by atoms with van der Waals surface area (Å²) in [7, 11) is 0. The molecule has 1 aromatic heterocycles. The Hall–Kier alpha value is -2.41. The summed E-state index contributed by atoms with van der Waals surface area (Å²) in [6.07, 6.45) is -2.10. The first-order valence-electron chi connectivity index (χ1n) is 13.3. The molecule has 1 heteroatoms. The minimum Gasteiger partial charge on any atom is -0.256 e. The van der Waals surface area contributed by atoms with E-state index in [4.69, 9.17) is 9.60 Å². The molecule has 0 aliphatic carbocycles. The molecule has 0 saturated carbocycles. The Morgan fingerprint density at radius 2 is 1.54 bits per heavy atom. The molecular weight excluding hydrogens is 338 g/mol. The Balaban J connectivity index is 2.33. The highest BCUT2D eigenvalue weighted by atomic mass is 14.7. The van der Waals surface area contributed by atoms with Crippen molar-refractivity contribution >= 4 is 0 Å². The van der Waals surface area contributed by atoms with Gasteiger partial charge in [-0.3, -0.25) is 4.98 Å². The molecule has 0 spiro atoms. The van der Waals surface area contributed by atoms with Gasteiger partial charge >= 0.3 is 0 Å². The standard InChI is InChI=1S/C27H33N/c1-18(2)12-23-15-27(28-17-24(23)13-19(3)4)26-16-25(20(5)14-21(26)6)22-10-8-7-9-11-22/h7-11,14-19H,12-13H2,1-6H3/i5D3,12D2,13D2. The van der Waals surface area contributed by atoms with Crippen molar-refractivity contribution in [2.75, 3.05) is 0 Å². The molecule has 1 heterocycles. The molecule has 3 rings (SSSR count). The van der Waals surface area contributed by atoms with Gasteiger partial charge in [0, 0.05) is 21.4 Å². The molecule has 0 N–H and O–H groups in total. The van der Waals surface area contributed by atoms with Crippen molar-refractivity contribution in [3.63, 3.8) is 0 Å². The van der Waals surface area contributed by atoms with E-state index < -0.39 is 25.5 Å². The Bertz CT molecular complexity index is 1200. The molecule has 3 aromatic rings. The third-order valence-corrected chi connectivity index (χ3v) is 4.52. The van der Waals surface area contributed by atoms with Crippen molar-refractivity contribution in [2.45, 2.75) is 54.2 Å². The van der Waals surface area contributed by atoms with Gasteiger partial charge in [-0.05, 0) is 83.9 Å². The molecule has 0 saturated heterocycles. The minimum atomic E-state index is -2.31. The highest BCUT2D eigenvalue weighted by Gasteiger charge is 2.13. The highest BCUT2D eigenvalue weighted by molar-refractivity contribution is 5.76. The van der Waals surface area contributed by atoms with Crippen LogP contribution in [0.15, 0.2) is 54.7 Å². The fourth-order valence-corrected chi connectivity index (χ4v) is 3.30. The number of pyridine rings is 1. The molecule has 0 bridgehead atoms. The van der Waals surface area contributed by atoms with E-state index in [1.807, 2.05) is 37.3 Å². The smallest absolute Gasteiger partial charge is 0.0707 e. The Labute approximate surface area is 180 Å². The summed E-state index contributed by atoms with van der Waals surface area (Å²) in [4.78, 5) is 4.57. The van der Waals surface area contributed by atoms with E-state index in [1.54, 1.807) is 45.9 Å². The molecule has 146 valence electrons. The number of nitrogens with zero attached hydrogens (tertiary/aromatic N) is 1. The van der Waals surface area contributed by atoms with Crippen molar-refractivity contribution in [3.05, 3.63) is 77.0 Å². The van der Waals surface area contributed by atoms with Crippen LogP contribution < -0.4 is 0 Å². The summed E-state index contributed by atoms with van der Waals surface area (Å²) in [6.45, 7) is 6.61. The lowest BCUT2D eigenvalue weighted by atomic mass is 9.90. The van der Waals surface area contributed by atoms with Gasteiger partial charge in [0.2, 0.25) is 0 Å². The van der Waals surface area contributed by atoms with Gasteiger partial charge in [0.25, 0.3) is 0 Å². The van der Waals surface area contributed by atoms with Gasteiger partial charge in [-0.2, -0.15) is 0 Å². The first kappa shape index (κ1) is 12.9. The Morgan fingerprint density at radius 1 is 0.857 bits per heavy atom. The Morgan fingerprint density at radius 3 is 2.18 bits per heavy atom. The lowest BCUT2D eigenvalue weighted by Gasteiger charge is -2.17. The van der Waals surface area contributed by atoms with Crippen molar-refractivity contribution in [1.29, 1.82) is 0 Å². The molecule has 0 unspecified atom stereocenters. The van der Waals surface area contributed by atoms with Crippen LogP contribution in [0, 0.1) is 25.6 Å². The van der Waals surface area contributed by atoms with Crippen molar-refractivity contribution in [2.24, 2.45) is 11.8 Å². The molecule has 1 nitrogen and oxygen atoms in total. The number of hydrogen-bond acceptors (Lipinski definition) is 1. The monoisotopic (exact) mass is 378 g/mol. The zero-order valence-corrected chi connectivity index (χ0v) is 17.3. The normalized spacial score (nSPS) is 16.6. The number of hydrogen-bond donors (Lipinski definition) is 0. The van der Waals surface area contributed by atoms with Gasteiger partial charge in [-0.1, -0.05) is 64.1 Å². The summed E-state index contributed by atoms with van der Waals surface area (Å²) in [5.74, 6) is -0.764. The maximum absolute atomic E-state index is 8.79. The number of aromatic nitrogens is 1. The maximum atomic E-state index is 8.79. The maximum Gasteiger partial charge on any atom is 0.0707 e. The molecule has 0 fully saturated rings. The van der Waals surface area contributed by atoms with E-state index in [1.165, 1.54) is 6.20 Å². The third kappa shape index (κ3) is 4.70. The fraction of sp³-hybridized carbons (Fsp3) is 0.370. The van der Waals surface area contributed by atoms with Crippen LogP contribution in [0.1, 0.15) is 59.5 Å². The number of benzene rings is 2. The predicted octanol–water partition coefficient (Wildman–Crippen LogP) is 7.43. The van der Waals surface area contributed by atoms with Crippen LogP contribution in [-0.4, -0.2) is 4.98 Å². The summed E-state index contributed by atoms with van der Waals surface area (Å²) >= 11 is 0. The zero-order chi connectivity index (χ0) is 26.3. The van der Waals surface area contributed by atoms with E-state index >= 15 is 0 Å². The molecule has 2 aromatic carbocycles. The SMILES string of the molecule is [2H]C([2H])([2H])c1cc(C)c(-c2cc(C([2H])([2H])C(C)C)c(C([2H])([2H])C(C)C)cn2)cc1-c1ccccc1. The van der Waals surface area contributed by atoms with Gasteiger partial charge in [0.05, 0.1) is 5.69 Å². The van der Waals surface area contributed by atoms with Gasteiger partial charge in [-0.15, -0.1) is 0 Å². The van der Waals surface area contributed by atoms with E-state index in [0.717, 1.165) is 5.56 Å². The van der Waals surface area contributed by atoms with Gasteiger partial charge in [0.1, 0.15) is 0 Å². The van der Waals surface area contributed by atoms with E-state index in [-0.39, 0.29) is 22.6 Å². The summed E-state index contributed by atoms with van der Waals surface area (Å²) in [6, 6.07) is 14.4. The average molecular weight is 379 g/mol. The summed E-state index contributed by atoms with van der Waals surface area (Å²) in [5, 5.41) is 0. The van der Waals surface area contributed by atoms with Crippen LogP contribution in [0.4, 0.5) is 0 Å². The lowest BCUT2D eigenvalue weighted by Crippen LogP contribution is -2.05. The molecule has 0 radical (unpaired) electrons. The lowest BCUT2D eigenvalue weighted by molar-refractivity contribution is 0.614. The second-order valence-electron chi connectivity index (χ2n) is 7.79. The number of aryl methyl sites for hydroxylation is 2. The topological polar surface area (TPSA) is 12.9 Å². The second kappa shape index (κ2) is 8.73. The molecule has 0 amide bonds. The fourth-order valence-electron chi connectivity index (χ4n) is 3.30. The largest absolute Gasteiger partial charge is 0.256 e. The van der Waals surface area contributed by atoms with Crippen LogP contribution in [0.5, 0.6) is 0 Å². The average Bonchev–Trinajstić information content (AvgIpc) is 2.78. The van der Waals surface area contributed by atoms with Crippen LogP contribution in [-0.2, 0) is 12.7 Å². The third-order valence-electron chi connectivity index (χ3n) is 4.52. The van der Waals surface area contributed by atoms with Crippen molar-refractivity contribution < 1.29 is 9.60 Å². The predicted molar refractivity (Wildman–Crippen MR) is 122 cm³/mol. The zero-order valence-electron chi connectivity index (χ0n) is 24.3. The van der Waals surface area contributed by atoms with Crippen LogP contribution in [0.3, 0.4) is 0 Å². The van der Waals surface area contributed by atoms with E-state index in [0.29, 0.717) is 22.4 Å². The van der Waals surface area contributed by atoms with Gasteiger partial charge in [-0.25, -0.2) is 0 Å². The molecule has 0 atom stereocenters.